The van der Waals surface area contributed by atoms with Gasteiger partial charge in [0.2, 0.25) is 0 Å². The van der Waals surface area contributed by atoms with Crippen LogP contribution in [-0.4, -0.2) is 27.4 Å². The van der Waals surface area contributed by atoms with Crippen LogP contribution < -0.4 is 0 Å². The first-order valence-corrected chi connectivity index (χ1v) is 5.93. The second-order valence-corrected chi connectivity index (χ2v) is 4.74. The number of rotatable bonds is 4. The third-order valence-electron chi connectivity index (χ3n) is 3.91. The Morgan fingerprint density at radius 2 is 1.59 bits per heavy atom. The highest BCUT2D eigenvalue weighted by Gasteiger charge is 2.41. The van der Waals surface area contributed by atoms with Crippen LogP contribution >= 0.6 is 0 Å². The highest BCUT2D eigenvalue weighted by atomic mass is 16.5. The minimum Gasteiger partial charge on any atom is -0.383 e. The highest BCUT2D eigenvalue weighted by molar-refractivity contribution is 5.79. The molecule has 0 radical (unpaired) electrons. The largest absolute Gasteiger partial charge is 0.383 e. The number of methoxy groups -OCH3 is 2. The fraction of sp³-hybridized carbons (Fsp3) is 0.467. The molecule has 0 amide bonds. The summed E-state index contributed by atoms with van der Waals surface area (Å²) in [5.41, 5.74) is 5.28. The number of ether oxygens (including phenoxy) is 2. The van der Waals surface area contributed by atoms with Crippen LogP contribution in [-0.2, 0) is 14.9 Å². The molecular formula is C15H20O2. The van der Waals surface area contributed by atoms with Crippen molar-refractivity contribution >= 4 is 5.57 Å². The Balaban J connectivity index is 2.59. The van der Waals surface area contributed by atoms with Gasteiger partial charge in [-0.1, -0.05) is 29.8 Å². The van der Waals surface area contributed by atoms with Crippen molar-refractivity contribution in [3.8, 4) is 0 Å². The average Bonchev–Trinajstić information content (AvgIpc) is 2.55. The van der Waals surface area contributed by atoms with E-state index in [0.29, 0.717) is 13.2 Å². The minimum atomic E-state index is -0.107. The van der Waals surface area contributed by atoms with E-state index in [1.165, 1.54) is 22.3 Å². The summed E-state index contributed by atoms with van der Waals surface area (Å²) in [7, 11) is 3.50. The predicted molar refractivity (Wildman–Crippen MR) is 70.1 cm³/mol. The van der Waals surface area contributed by atoms with E-state index in [1.807, 2.05) is 0 Å². The van der Waals surface area contributed by atoms with E-state index < -0.39 is 0 Å². The number of hydrogen-bond donors (Lipinski definition) is 0. The third kappa shape index (κ3) is 1.72. The molecule has 92 valence electrons. The van der Waals surface area contributed by atoms with Crippen LogP contribution in [0.3, 0.4) is 0 Å². The standard InChI is InChI=1S/C15H20O2/c1-11-12(2)15(9-16-3,10-17-4)14-8-6-5-7-13(11)14/h5-8H,9-10H2,1-4H3. The molecule has 0 atom stereocenters. The van der Waals surface area contributed by atoms with Crippen LogP contribution in [0, 0.1) is 0 Å². The molecule has 0 saturated heterocycles. The quantitative estimate of drug-likeness (QED) is 0.794. The highest BCUT2D eigenvalue weighted by Crippen LogP contribution is 2.46. The Labute approximate surface area is 103 Å². The van der Waals surface area contributed by atoms with Crippen molar-refractivity contribution in [2.45, 2.75) is 19.3 Å². The summed E-state index contributed by atoms with van der Waals surface area (Å²) >= 11 is 0. The monoisotopic (exact) mass is 232 g/mol. The third-order valence-corrected chi connectivity index (χ3v) is 3.91. The van der Waals surface area contributed by atoms with Gasteiger partial charge in [0.15, 0.2) is 0 Å². The van der Waals surface area contributed by atoms with E-state index in [1.54, 1.807) is 14.2 Å². The van der Waals surface area contributed by atoms with Crippen molar-refractivity contribution in [2.24, 2.45) is 0 Å². The lowest BCUT2D eigenvalue weighted by atomic mass is 9.79. The lowest BCUT2D eigenvalue weighted by Crippen LogP contribution is -2.36. The minimum absolute atomic E-state index is 0.107. The second kappa shape index (κ2) is 4.63. The summed E-state index contributed by atoms with van der Waals surface area (Å²) in [6.45, 7) is 5.71. The first-order valence-electron chi connectivity index (χ1n) is 5.93. The molecule has 2 heteroatoms. The lowest BCUT2D eigenvalue weighted by Gasteiger charge is -2.31. The topological polar surface area (TPSA) is 18.5 Å². The molecule has 0 aromatic heterocycles. The fourth-order valence-corrected chi connectivity index (χ4v) is 2.90. The van der Waals surface area contributed by atoms with Crippen LogP contribution in [0.15, 0.2) is 29.8 Å². The van der Waals surface area contributed by atoms with Gasteiger partial charge in [0.25, 0.3) is 0 Å². The smallest absolute Gasteiger partial charge is 0.0638 e. The van der Waals surface area contributed by atoms with Crippen molar-refractivity contribution in [2.75, 3.05) is 27.4 Å². The molecule has 0 heterocycles. The first kappa shape index (κ1) is 12.3. The molecule has 0 unspecified atom stereocenters. The van der Waals surface area contributed by atoms with Crippen LogP contribution in [0.25, 0.3) is 5.57 Å². The molecule has 1 aromatic carbocycles. The Kier molecular flexibility index (Phi) is 3.36. The molecule has 0 N–H and O–H groups in total. The number of benzene rings is 1. The maximum absolute atomic E-state index is 5.44. The summed E-state index contributed by atoms with van der Waals surface area (Å²) in [5.74, 6) is 0. The van der Waals surface area contributed by atoms with Gasteiger partial charge in [-0.05, 0) is 30.5 Å². The Morgan fingerprint density at radius 1 is 1.00 bits per heavy atom. The zero-order chi connectivity index (χ0) is 12.5. The van der Waals surface area contributed by atoms with E-state index in [9.17, 15) is 0 Å². The number of hydrogen-bond acceptors (Lipinski definition) is 2. The lowest BCUT2D eigenvalue weighted by molar-refractivity contribution is 0.0791. The summed E-state index contributed by atoms with van der Waals surface area (Å²) in [6, 6.07) is 8.55. The Bertz CT molecular complexity index is 440. The van der Waals surface area contributed by atoms with Crippen LogP contribution in [0.4, 0.5) is 0 Å². The van der Waals surface area contributed by atoms with Crippen LogP contribution in [0.2, 0.25) is 0 Å². The van der Waals surface area contributed by atoms with Gasteiger partial charge in [-0.15, -0.1) is 0 Å². The van der Waals surface area contributed by atoms with Crippen LogP contribution in [0.1, 0.15) is 25.0 Å². The SMILES string of the molecule is COCC1(COC)C(C)=C(C)c2ccccc21. The summed E-state index contributed by atoms with van der Waals surface area (Å²) in [6.07, 6.45) is 0. The van der Waals surface area contributed by atoms with Crippen molar-refractivity contribution < 1.29 is 9.47 Å². The molecule has 0 fully saturated rings. The summed E-state index contributed by atoms with van der Waals surface area (Å²) in [4.78, 5) is 0. The van der Waals surface area contributed by atoms with E-state index in [4.69, 9.17) is 9.47 Å². The number of allylic oxidation sites excluding steroid dienone is 1. The van der Waals surface area contributed by atoms with Gasteiger partial charge in [0.1, 0.15) is 0 Å². The predicted octanol–water partition coefficient (Wildman–Crippen LogP) is 3.02. The van der Waals surface area contributed by atoms with Crippen molar-refractivity contribution in [1.82, 2.24) is 0 Å². The van der Waals surface area contributed by atoms with E-state index >= 15 is 0 Å². The number of fused-ring (bicyclic) bond motifs is 1. The molecule has 2 rings (SSSR count). The maximum Gasteiger partial charge on any atom is 0.0638 e. The van der Waals surface area contributed by atoms with Crippen molar-refractivity contribution in [3.63, 3.8) is 0 Å². The Morgan fingerprint density at radius 3 is 2.18 bits per heavy atom. The molecular weight excluding hydrogens is 212 g/mol. The van der Waals surface area contributed by atoms with Gasteiger partial charge >= 0.3 is 0 Å². The molecule has 1 aliphatic carbocycles. The molecule has 1 aromatic rings. The summed E-state index contributed by atoms with van der Waals surface area (Å²) in [5, 5.41) is 0. The second-order valence-electron chi connectivity index (χ2n) is 4.74. The van der Waals surface area contributed by atoms with E-state index in [-0.39, 0.29) is 5.41 Å². The van der Waals surface area contributed by atoms with E-state index in [0.717, 1.165) is 0 Å². The zero-order valence-corrected chi connectivity index (χ0v) is 11.0. The first-order chi connectivity index (χ1) is 8.17. The van der Waals surface area contributed by atoms with Crippen molar-refractivity contribution in [3.05, 3.63) is 41.0 Å². The Hall–Kier alpha value is -1.12. The molecule has 0 saturated carbocycles. The normalized spacial score (nSPS) is 17.4. The average molecular weight is 232 g/mol. The van der Waals surface area contributed by atoms with Gasteiger partial charge < -0.3 is 9.47 Å². The molecule has 0 spiro atoms. The summed E-state index contributed by atoms with van der Waals surface area (Å²) < 4.78 is 10.9. The van der Waals surface area contributed by atoms with Gasteiger partial charge in [0.05, 0.1) is 18.6 Å². The molecule has 0 aliphatic heterocycles. The molecule has 2 nitrogen and oxygen atoms in total. The molecule has 0 bridgehead atoms. The van der Waals surface area contributed by atoms with Crippen LogP contribution in [0.5, 0.6) is 0 Å². The van der Waals surface area contributed by atoms with Gasteiger partial charge in [-0.25, -0.2) is 0 Å². The molecule has 1 aliphatic rings. The van der Waals surface area contributed by atoms with Gasteiger partial charge in [-0.2, -0.15) is 0 Å². The van der Waals surface area contributed by atoms with E-state index in [2.05, 4.69) is 38.1 Å². The fourth-order valence-electron chi connectivity index (χ4n) is 2.90. The zero-order valence-electron chi connectivity index (χ0n) is 11.0. The van der Waals surface area contributed by atoms with Crippen molar-refractivity contribution in [1.29, 1.82) is 0 Å². The van der Waals surface area contributed by atoms with Gasteiger partial charge in [-0.3, -0.25) is 0 Å². The van der Waals surface area contributed by atoms with Gasteiger partial charge in [0, 0.05) is 14.2 Å². The molecule has 17 heavy (non-hydrogen) atoms. The maximum atomic E-state index is 5.44.